The normalized spacial score (nSPS) is 27.3. The molecule has 27 nitrogen and oxygen atoms in total. The first kappa shape index (κ1) is 57.3. The number of hydrogen-bond acceptors (Lipinski definition) is 20. The maximum atomic E-state index is 13.9. The third-order valence-corrected chi connectivity index (χ3v) is 16.2. The van der Waals surface area contributed by atoms with Crippen LogP contribution in [0.25, 0.3) is 11.2 Å². The molecule has 77 heavy (non-hydrogen) atoms. The summed E-state index contributed by atoms with van der Waals surface area (Å²) < 4.78 is 63.9. The summed E-state index contributed by atoms with van der Waals surface area (Å²) in [5, 5.41) is 22.1. The van der Waals surface area contributed by atoms with E-state index >= 15 is 0 Å². The monoisotopic (exact) mass is 1150 g/mol. The van der Waals surface area contributed by atoms with Crippen molar-refractivity contribution in [3.05, 3.63) is 82.8 Å². The van der Waals surface area contributed by atoms with Crippen molar-refractivity contribution in [2.45, 2.75) is 115 Å². The van der Waals surface area contributed by atoms with Crippen molar-refractivity contribution in [3.8, 4) is 5.88 Å². The molecule has 0 radical (unpaired) electrons. The standard InChI is InChI=1S/C46H57N11O16P2S2/c1-24(2)36(52-32(58)11-5-4-8-16-56-34(59)12-13-35(56)60)43(64)51-25(3)41(62)48-19-26-9-6-7-10-29(26)42(63)54-46-53-40-37(44(65)55-46)50-23-57(40)45-39-38(61)31(71-45)21-69-74(66,76)72-30-18-28(70-33-14-15-47-22-49-33)17-27(30)20-68-75(67,77)73-39/h6-7,9-10,12-15,22-25,27-28,30-31,36,38-39,45,61H,4-5,8,11,16-21H2,1-3H3,(H,48,62)(H,51,64)(H,52,58)(H,66,76)(H,67,77)(H2,53,54,55,63,65)/t25-,27+,28+,30-,31+,36-,38+,39+,45+,74+,75+/m0/s1. The Kier molecular flexibility index (Phi) is 18.5. The Balaban J connectivity index is 0.887. The summed E-state index contributed by atoms with van der Waals surface area (Å²) in [5.74, 6) is -4.06. The van der Waals surface area contributed by atoms with E-state index in [0.717, 1.165) is 11.2 Å². The van der Waals surface area contributed by atoms with E-state index in [4.69, 9.17) is 27.6 Å². The van der Waals surface area contributed by atoms with E-state index in [-0.39, 0.29) is 91.2 Å². The average molecular weight is 1150 g/mol. The van der Waals surface area contributed by atoms with E-state index in [1.807, 2.05) is 0 Å². The molecular weight excluding hydrogens is 1090 g/mol. The second-order valence-electron chi connectivity index (χ2n) is 18.9. The molecule has 4 aliphatic rings. The number of benzene rings is 1. The number of thiol groups is 2. The zero-order valence-electron chi connectivity index (χ0n) is 41.7. The number of aliphatic hydroxyl groups is 1. The molecule has 6 heterocycles. The average Bonchev–Trinajstić information content (AvgIpc) is 4.18. The van der Waals surface area contributed by atoms with Gasteiger partial charge in [0, 0.05) is 61.8 Å². The van der Waals surface area contributed by atoms with E-state index in [0.29, 0.717) is 24.8 Å². The van der Waals surface area contributed by atoms with Crippen LogP contribution in [-0.2, 0) is 62.5 Å². The number of H-pyrrole nitrogens is 1. The lowest BCUT2D eigenvalue weighted by molar-refractivity contribution is -0.137. The number of aromatic amines is 1. The first-order valence-electron chi connectivity index (χ1n) is 24.5. The highest BCUT2D eigenvalue weighted by Gasteiger charge is 2.51. The molecule has 0 unspecified atom stereocenters. The zero-order valence-corrected chi connectivity index (χ0v) is 45.2. The smallest absolute Gasteiger partial charge is 0.386 e. The number of anilines is 1. The minimum atomic E-state index is -4.37. The molecule has 1 aliphatic carbocycles. The van der Waals surface area contributed by atoms with E-state index in [2.05, 4.69) is 70.7 Å². The predicted octanol–water partition coefficient (Wildman–Crippen LogP) is 2.92. The summed E-state index contributed by atoms with van der Waals surface area (Å²) in [7, 11) is 0. The molecule has 1 aromatic carbocycles. The molecule has 2 bridgehead atoms. The molecule has 3 fully saturated rings. The van der Waals surface area contributed by atoms with E-state index in [1.165, 1.54) is 42.2 Å². The van der Waals surface area contributed by atoms with Gasteiger partial charge in [-0.15, -0.1) is 0 Å². The Morgan fingerprint density at radius 2 is 1.65 bits per heavy atom. The van der Waals surface area contributed by atoms with Crippen LogP contribution in [0.4, 0.5) is 5.95 Å². The van der Waals surface area contributed by atoms with Gasteiger partial charge in [-0.05, 0) is 43.7 Å². The largest absolute Gasteiger partial charge is 0.474 e. The van der Waals surface area contributed by atoms with Gasteiger partial charge in [-0.25, -0.2) is 24.1 Å². The quantitative estimate of drug-likeness (QED) is 0.0307. The van der Waals surface area contributed by atoms with Crippen molar-refractivity contribution in [1.29, 1.82) is 0 Å². The molecule has 3 aliphatic heterocycles. The van der Waals surface area contributed by atoms with Gasteiger partial charge in [0.15, 0.2) is 17.4 Å². The number of unbranched alkanes of at least 4 members (excludes halogenated alkanes) is 2. The number of amides is 6. The first-order valence-corrected chi connectivity index (χ1v) is 29.9. The van der Waals surface area contributed by atoms with E-state index < -0.39 is 98.2 Å². The number of carbonyl (C=O) groups excluding carboxylic acids is 6. The summed E-state index contributed by atoms with van der Waals surface area (Å²) in [5.41, 5.74) is -0.818. The molecular formula is C46H57N11O16P2S2. The van der Waals surface area contributed by atoms with Crippen molar-refractivity contribution in [1.82, 2.24) is 50.3 Å². The highest BCUT2D eigenvalue weighted by Crippen LogP contribution is 2.60. The molecule has 414 valence electrons. The maximum absolute atomic E-state index is 13.9. The van der Waals surface area contributed by atoms with Crippen LogP contribution in [0.3, 0.4) is 0 Å². The van der Waals surface area contributed by atoms with Crippen LogP contribution < -0.4 is 31.6 Å². The third-order valence-electron chi connectivity index (χ3n) is 13.0. The topological polar surface area (TPSA) is 353 Å². The Morgan fingerprint density at radius 3 is 2.39 bits per heavy atom. The minimum Gasteiger partial charge on any atom is -0.474 e. The fourth-order valence-corrected chi connectivity index (χ4v) is 12.1. The highest BCUT2D eigenvalue weighted by atomic mass is 32.7. The number of nitrogens with zero attached hydrogens (tertiary/aromatic N) is 6. The number of aromatic nitrogens is 6. The van der Waals surface area contributed by atoms with Crippen LogP contribution in [0.2, 0.25) is 0 Å². The van der Waals surface area contributed by atoms with Crippen molar-refractivity contribution in [2.24, 2.45) is 11.8 Å². The lowest BCUT2D eigenvalue weighted by Crippen LogP contribution is -2.54. The van der Waals surface area contributed by atoms with Crippen molar-refractivity contribution < 1.29 is 70.6 Å². The molecule has 8 rings (SSSR count). The number of rotatable bonds is 18. The second kappa shape index (κ2) is 24.9. The van der Waals surface area contributed by atoms with Gasteiger partial charge >= 0.3 is 13.6 Å². The molecule has 0 spiro atoms. The molecule has 4 aromatic rings. The van der Waals surface area contributed by atoms with E-state index in [1.54, 1.807) is 38.1 Å². The van der Waals surface area contributed by atoms with Crippen LogP contribution in [-0.4, -0.2) is 137 Å². The van der Waals surface area contributed by atoms with Gasteiger partial charge in [0.2, 0.25) is 29.5 Å². The van der Waals surface area contributed by atoms with Gasteiger partial charge in [0.1, 0.15) is 42.8 Å². The summed E-state index contributed by atoms with van der Waals surface area (Å²) in [6.07, 6.45) is 1.20. The predicted molar refractivity (Wildman–Crippen MR) is 277 cm³/mol. The summed E-state index contributed by atoms with van der Waals surface area (Å²) >= 11 is 8.40. The van der Waals surface area contributed by atoms with Crippen LogP contribution in [0, 0.1) is 11.8 Å². The first-order chi connectivity index (χ1) is 36.6. The lowest BCUT2D eigenvalue weighted by Gasteiger charge is -2.26. The Morgan fingerprint density at radius 1 is 0.909 bits per heavy atom. The summed E-state index contributed by atoms with van der Waals surface area (Å²) in [6, 6.07) is 5.77. The fourth-order valence-electron chi connectivity index (χ4n) is 9.00. The van der Waals surface area contributed by atoms with Crippen LogP contribution in [0.1, 0.15) is 81.4 Å². The Labute approximate surface area is 450 Å². The highest BCUT2D eigenvalue weighted by molar-refractivity contribution is 8.44. The molecule has 1 saturated carbocycles. The van der Waals surface area contributed by atoms with Gasteiger partial charge in [-0.2, -0.15) is 4.98 Å². The Hall–Kier alpha value is -5.87. The number of hydrogen-bond donors (Lipinski definition) is 8. The van der Waals surface area contributed by atoms with Gasteiger partial charge < -0.3 is 35.1 Å². The molecule has 31 heteroatoms. The van der Waals surface area contributed by atoms with Crippen LogP contribution >= 0.6 is 38.1 Å². The molecule has 2 saturated heterocycles. The van der Waals surface area contributed by atoms with Gasteiger partial charge in [0.25, 0.3) is 23.3 Å². The number of imide groups is 1. The van der Waals surface area contributed by atoms with Crippen molar-refractivity contribution >= 4 is 90.6 Å². The SMILES string of the molecule is CC(C)[C@H](NC(=O)CCCCCN1C(=O)C=CC1=O)C(=O)N[C@@H](C)C(=O)NCc1ccccc1C(=O)Nc1nc2c(ncn2[C@@H]2O[C@@H]3CO[P@@](=O)(S)O[C@H]4C[C@H](Oc5ccncn5)C[C@@H]4CO[P@@](=O)(S)O[C@@H]2[C@@H]3O)c(=O)[nH]1. The summed E-state index contributed by atoms with van der Waals surface area (Å²) in [6.45, 7) is -4.41. The molecule has 6 amide bonds. The fraction of sp³-hybridized carbons (Fsp3) is 0.500. The number of carbonyl (C=O) groups is 6. The Bertz CT molecular complexity index is 3040. The van der Waals surface area contributed by atoms with Crippen molar-refractivity contribution in [3.63, 3.8) is 0 Å². The number of fused-ring (bicyclic) bond motifs is 4. The second-order valence-corrected chi connectivity index (χ2v) is 24.6. The number of aliphatic hydroxyl groups excluding tert-OH is 1. The van der Waals surface area contributed by atoms with Crippen molar-refractivity contribution in [2.75, 3.05) is 25.1 Å². The molecule has 6 N–H and O–H groups in total. The minimum absolute atomic E-state index is 0.0674. The maximum Gasteiger partial charge on any atom is 0.386 e. The molecule has 3 aromatic heterocycles. The number of imidazole rings is 1. The van der Waals surface area contributed by atoms with Crippen LogP contribution in [0.5, 0.6) is 5.88 Å². The molecule has 11 atom stereocenters. The number of ether oxygens (including phenoxy) is 2. The third kappa shape index (κ3) is 14.4. The van der Waals surface area contributed by atoms with Gasteiger partial charge in [-0.3, -0.25) is 66.9 Å². The summed E-state index contributed by atoms with van der Waals surface area (Å²) in [4.78, 5) is 110. The van der Waals surface area contributed by atoms with Gasteiger partial charge in [0.05, 0.1) is 25.6 Å². The van der Waals surface area contributed by atoms with Gasteiger partial charge in [-0.1, -0.05) is 63.0 Å². The van der Waals surface area contributed by atoms with Crippen LogP contribution in [0.15, 0.2) is 66.1 Å². The number of nitrogens with one attached hydrogen (secondary N) is 5. The zero-order chi connectivity index (χ0) is 55.2. The van der Waals surface area contributed by atoms with E-state index in [9.17, 15) is 47.8 Å². The lowest BCUT2D eigenvalue weighted by atomic mass is 10.0.